The smallest absolute Gasteiger partial charge is 0.123 e. The molecule has 1 unspecified atom stereocenters. The van der Waals surface area contributed by atoms with E-state index >= 15 is 0 Å². The summed E-state index contributed by atoms with van der Waals surface area (Å²) in [6.07, 6.45) is 2.18. The molecule has 1 aliphatic rings. The number of aryl methyl sites for hydroxylation is 1. The summed E-state index contributed by atoms with van der Waals surface area (Å²) < 4.78 is 5.88. The van der Waals surface area contributed by atoms with E-state index in [1.807, 2.05) is 0 Å². The van der Waals surface area contributed by atoms with Crippen molar-refractivity contribution in [2.75, 3.05) is 11.8 Å². The monoisotopic (exact) mass is 258 g/mol. The Hall–Kier alpha value is -0.400. The van der Waals surface area contributed by atoms with Crippen LogP contribution in [0.25, 0.3) is 0 Å². The van der Waals surface area contributed by atoms with Gasteiger partial charge >= 0.3 is 0 Å². The van der Waals surface area contributed by atoms with Crippen molar-refractivity contribution in [1.29, 1.82) is 0 Å². The summed E-state index contributed by atoms with van der Waals surface area (Å²) in [5.74, 6) is 2.60. The highest BCUT2D eigenvalue weighted by Gasteiger charge is 2.25. The molecule has 0 N–H and O–H groups in total. The summed E-state index contributed by atoms with van der Waals surface area (Å²) in [5, 5.41) is 0. The first kappa shape index (κ1) is 12.1. The number of halogens is 2. The second-order valence-electron chi connectivity index (χ2n) is 4.47. The Morgan fingerprint density at radius 1 is 1.38 bits per heavy atom. The molecule has 1 heterocycles. The number of benzene rings is 1. The lowest BCUT2D eigenvalue weighted by Crippen LogP contribution is -2.20. The first-order valence-electron chi connectivity index (χ1n) is 5.61. The van der Waals surface area contributed by atoms with Crippen LogP contribution in [-0.2, 0) is 6.42 Å². The molecule has 0 fully saturated rings. The molecule has 0 radical (unpaired) electrons. The summed E-state index contributed by atoms with van der Waals surface area (Å²) in [5.41, 5.74) is 2.60. The van der Waals surface area contributed by atoms with Gasteiger partial charge in [0.15, 0.2) is 0 Å². The van der Waals surface area contributed by atoms with Crippen molar-refractivity contribution in [2.45, 2.75) is 25.9 Å². The maximum Gasteiger partial charge on any atom is 0.123 e. The molecule has 1 atom stereocenters. The zero-order valence-corrected chi connectivity index (χ0v) is 10.9. The first-order valence-corrected chi connectivity index (χ1v) is 6.68. The minimum atomic E-state index is 0.249. The summed E-state index contributed by atoms with van der Waals surface area (Å²) in [6.45, 7) is 2.11. The highest BCUT2D eigenvalue weighted by Crippen LogP contribution is 2.32. The lowest BCUT2D eigenvalue weighted by molar-refractivity contribution is 0.203. The molecule has 0 bridgehead atoms. The van der Waals surface area contributed by atoms with Crippen molar-refractivity contribution in [3.8, 4) is 5.75 Å². The molecule has 1 aromatic rings. The minimum Gasteiger partial charge on any atom is -0.490 e. The van der Waals surface area contributed by atoms with E-state index in [1.165, 1.54) is 11.1 Å². The molecule has 1 nitrogen and oxygen atoms in total. The van der Waals surface area contributed by atoms with Crippen molar-refractivity contribution >= 4 is 23.2 Å². The molecule has 0 aliphatic carbocycles. The highest BCUT2D eigenvalue weighted by atomic mass is 35.5. The van der Waals surface area contributed by atoms with Crippen LogP contribution in [0.15, 0.2) is 18.2 Å². The Morgan fingerprint density at radius 3 is 2.81 bits per heavy atom. The largest absolute Gasteiger partial charge is 0.490 e. The SMILES string of the molecule is Cc1ccc2c(c1)CC(CC(CCl)CCl)O2. The highest BCUT2D eigenvalue weighted by molar-refractivity contribution is 6.20. The average Bonchev–Trinajstić information content (AvgIpc) is 2.67. The fourth-order valence-corrected chi connectivity index (χ4v) is 2.70. The van der Waals surface area contributed by atoms with Gasteiger partial charge in [-0.25, -0.2) is 0 Å². The third-order valence-corrected chi connectivity index (χ3v) is 3.86. The van der Waals surface area contributed by atoms with Gasteiger partial charge in [-0.05, 0) is 30.9 Å². The Balaban J connectivity index is 2.00. The first-order chi connectivity index (χ1) is 7.72. The van der Waals surface area contributed by atoms with Gasteiger partial charge in [0.05, 0.1) is 0 Å². The zero-order chi connectivity index (χ0) is 11.5. The number of hydrogen-bond donors (Lipinski definition) is 0. The van der Waals surface area contributed by atoms with Gasteiger partial charge in [-0.1, -0.05) is 17.7 Å². The van der Waals surface area contributed by atoms with Gasteiger partial charge in [0.25, 0.3) is 0 Å². The Morgan fingerprint density at radius 2 is 2.12 bits per heavy atom. The molecule has 0 amide bonds. The van der Waals surface area contributed by atoms with Crippen LogP contribution < -0.4 is 4.74 Å². The average molecular weight is 259 g/mol. The third kappa shape index (κ3) is 2.64. The van der Waals surface area contributed by atoms with Gasteiger partial charge in [-0.15, -0.1) is 23.2 Å². The number of ether oxygens (including phenoxy) is 1. The fourth-order valence-electron chi connectivity index (χ4n) is 2.12. The van der Waals surface area contributed by atoms with Crippen LogP contribution in [-0.4, -0.2) is 17.9 Å². The second kappa shape index (κ2) is 5.29. The van der Waals surface area contributed by atoms with Gasteiger partial charge in [0, 0.05) is 18.2 Å². The molecule has 1 aliphatic heterocycles. The molecule has 0 saturated carbocycles. The van der Waals surface area contributed by atoms with Gasteiger partial charge in [0.1, 0.15) is 11.9 Å². The number of fused-ring (bicyclic) bond motifs is 1. The van der Waals surface area contributed by atoms with E-state index < -0.39 is 0 Å². The molecular weight excluding hydrogens is 243 g/mol. The summed E-state index contributed by atoms with van der Waals surface area (Å²) in [6, 6.07) is 6.34. The Labute approximate surface area is 107 Å². The van der Waals surface area contributed by atoms with Gasteiger partial charge in [-0.3, -0.25) is 0 Å². The molecule has 3 heteroatoms. The van der Waals surface area contributed by atoms with Crippen LogP contribution in [0.4, 0.5) is 0 Å². The summed E-state index contributed by atoms with van der Waals surface area (Å²) >= 11 is 11.7. The standard InChI is InChI=1S/C13H16Cl2O/c1-9-2-3-13-11(4-9)6-12(16-13)5-10(7-14)8-15/h2-4,10,12H,5-8H2,1H3. The van der Waals surface area contributed by atoms with E-state index in [1.54, 1.807) is 0 Å². The van der Waals surface area contributed by atoms with Crippen LogP contribution in [0.3, 0.4) is 0 Å². The molecule has 16 heavy (non-hydrogen) atoms. The van der Waals surface area contributed by atoms with Crippen LogP contribution in [0.2, 0.25) is 0 Å². The van der Waals surface area contributed by atoms with E-state index in [2.05, 4.69) is 25.1 Å². The van der Waals surface area contributed by atoms with Crippen LogP contribution >= 0.6 is 23.2 Å². The Bertz CT molecular complexity index is 361. The maximum atomic E-state index is 5.88. The van der Waals surface area contributed by atoms with Crippen molar-refractivity contribution in [1.82, 2.24) is 0 Å². The summed E-state index contributed by atoms with van der Waals surface area (Å²) in [4.78, 5) is 0. The lowest BCUT2D eigenvalue weighted by atomic mass is 10.0. The minimum absolute atomic E-state index is 0.249. The Kier molecular flexibility index (Phi) is 3.99. The molecule has 0 saturated heterocycles. The van der Waals surface area contributed by atoms with Crippen molar-refractivity contribution in [3.05, 3.63) is 29.3 Å². The normalized spacial score (nSPS) is 18.6. The van der Waals surface area contributed by atoms with Gasteiger partial charge in [-0.2, -0.15) is 0 Å². The second-order valence-corrected chi connectivity index (χ2v) is 5.08. The molecular formula is C13H16Cl2O. The van der Waals surface area contributed by atoms with Crippen molar-refractivity contribution < 1.29 is 4.74 Å². The molecule has 1 aromatic carbocycles. The number of alkyl halides is 2. The third-order valence-electron chi connectivity index (χ3n) is 2.99. The van der Waals surface area contributed by atoms with Crippen molar-refractivity contribution in [2.24, 2.45) is 5.92 Å². The quantitative estimate of drug-likeness (QED) is 0.747. The molecule has 88 valence electrons. The van der Waals surface area contributed by atoms with Crippen molar-refractivity contribution in [3.63, 3.8) is 0 Å². The van der Waals surface area contributed by atoms with E-state index in [0.717, 1.165) is 18.6 Å². The molecule has 0 aromatic heterocycles. The van der Waals surface area contributed by atoms with E-state index in [-0.39, 0.29) is 6.10 Å². The van der Waals surface area contributed by atoms with E-state index in [4.69, 9.17) is 27.9 Å². The van der Waals surface area contributed by atoms with E-state index in [9.17, 15) is 0 Å². The van der Waals surface area contributed by atoms with Gasteiger partial charge < -0.3 is 4.74 Å². The number of hydrogen-bond acceptors (Lipinski definition) is 1. The molecule has 0 spiro atoms. The van der Waals surface area contributed by atoms with Gasteiger partial charge in [0.2, 0.25) is 0 Å². The lowest BCUT2D eigenvalue weighted by Gasteiger charge is -2.15. The predicted octanol–water partition coefficient (Wildman–Crippen LogP) is 3.78. The zero-order valence-electron chi connectivity index (χ0n) is 9.38. The maximum absolute atomic E-state index is 5.88. The topological polar surface area (TPSA) is 9.23 Å². The van der Waals surface area contributed by atoms with Crippen LogP contribution in [0, 0.1) is 12.8 Å². The summed E-state index contributed by atoms with van der Waals surface area (Å²) in [7, 11) is 0. The van der Waals surface area contributed by atoms with Crippen LogP contribution in [0.5, 0.6) is 5.75 Å². The molecule has 2 rings (SSSR count). The van der Waals surface area contributed by atoms with E-state index in [0.29, 0.717) is 17.7 Å². The predicted molar refractivity (Wildman–Crippen MR) is 68.8 cm³/mol. The fraction of sp³-hybridized carbons (Fsp3) is 0.538. The number of rotatable bonds is 4. The van der Waals surface area contributed by atoms with Crippen LogP contribution in [0.1, 0.15) is 17.5 Å².